The van der Waals surface area contributed by atoms with E-state index < -0.39 is 8.07 Å². The standard InChI is InChI=1S/C13H24O2SSi/c1-6-14-12(15-7-2)10-11-8-9-13(16-11)17(3,4)5/h8-9,12H,6-7,10H2,1-5H3. The van der Waals surface area contributed by atoms with Gasteiger partial charge in [0, 0.05) is 24.5 Å². The van der Waals surface area contributed by atoms with E-state index in [0.29, 0.717) is 13.2 Å². The van der Waals surface area contributed by atoms with Crippen molar-refractivity contribution in [3.05, 3.63) is 17.0 Å². The smallest absolute Gasteiger partial charge is 0.162 e. The zero-order chi connectivity index (χ0) is 12.9. The highest BCUT2D eigenvalue weighted by molar-refractivity contribution is 7.26. The number of rotatable bonds is 7. The van der Waals surface area contributed by atoms with Crippen molar-refractivity contribution in [2.24, 2.45) is 0 Å². The van der Waals surface area contributed by atoms with Gasteiger partial charge in [0.05, 0.1) is 8.07 Å². The Labute approximate surface area is 110 Å². The van der Waals surface area contributed by atoms with Crippen molar-refractivity contribution >= 4 is 23.9 Å². The third kappa shape index (κ3) is 4.92. The summed E-state index contributed by atoms with van der Waals surface area (Å²) in [5.74, 6) is 0. The van der Waals surface area contributed by atoms with E-state index in [1.54, 1.807) is 4.50 Å². The lowest BCUT2D eigenvalue weighted by molar-refractivity contribution is -0.134. The Morgan fingerprint density at radius 2 is 1.71 bits per heavy atom. The quantitative estimate of drug-likeness (QED) is 0.560. The maximum atomic E-state index is 5.58. The first-order valence-electron chi connectivity index (χ1n) is 6.29. The van der Waals surface area contributed by atoms with Gasteiger partial charge >= 0.3 is 0 Å². The Kier molecular flexibility index (Phi) is 5.86. The summed E-state index contributed by atoms with van der Waals surface area (Å²) in [6.07, 6.45) is 0.787. The molecule has 1 aromatic rings. The minimum Gasteiger partial charge on any atom is -0.353 e. The number of hydrogen-bond acceptors (Lipinski definition) is 3. The van der Waals surface area contributed by atoms with Crippen LogP contribution in [0, 0.1) is 0 Å². The second-order valence-corrected chi connectivity index (χ2v) is 11.6. The molecule has 0 saturated heterocycles. The molecule has 0 fully saturated rings. The van der Waals surface area contributed by atoms with E-state index in [0.717, 1.165) is 6.42 Å². The Morgan fingerprint density at radius 3 is 2.12 bits per heavy atom. The molecule has 0 aliphatic carbocycles. The Hall–Kier alpha value is -0.163. The van der Waals surface area contributed by atoms with E-state index in [-0.39, 0.29) is 6.29 Å². The van der Waals surface area contributed by atoms with Crippen molar-refractivity contribution in [1.29, 1.82) is 0 Å². The summed E-state index contributed by atoms with van der Waals surface area (Å²) in [7, 11) is -1.16. The fraction of sp³-hybridized carbons (Fsp3) is 0.692. The second kappa shape index (κ2) is 6.68. The number of hydrogen-bond donors (Lipinski definition) is 0. The topological polar surface area (TPSA) is 18.5 Å². The molecule has 0 radical (unpaired) electrons. The van der Waals surface area contributed by atoms with Crippen LogP contribution < -0.4 is 4.50 Å². The predicted octanol–water partition coefficient (Wildman–Crippen LogP) is 3.23. The van der Waals surface area contributed by atoms with Crippen LogP contribution in [0.3, 0.4) is 0 Å². The van der Waals surface area contributed by atoms with E-state index in [1.807, 2.05) is 25.2 Å². The van der Waals surface area contributed by atoms with Crippen molar-refractivity contribution in [1.82, 2.24) is 0 Å². The molecule has 0 N–H and O–H groups in total. The fourth-order valence-electron chi connectivity index (χ4n) is 1.59. The first-order valence-corrected chi connectivity index (χ1v) is 10.6. The van der Waals surface area contributed by atoms with Gasteiger partial charge in [0.1, 0.15) is 0 Å². The van der Waals surface area contributed by atoms with Crippen LogP contribution in [0.4, 0.5) is 0 Å². The first-order chi connectivity index (χ1) is 7.97. The van der Waals surface area contributed by atoms with Crippen molar-refractivity contribution < 1.29 is 9.47 Å². The zero-order valence-electron chi connectivity index (χ0n) is 11.6. The summed E-state index contributed by atoms with van der Waals surface area (Å²) in [5.41, 5.74) is 0. The van der Waals surface area contributed by atoms with E-state index in [1.165, 1.54) is 4.88 Å². The molecule has 0 atom stereocenters. The van der Waals surface area contributed by atoms with Crippen LogP contribution in [0.15, 0.2) is 12.1 Å². The van der Waals surface area contributed by atoms with Gasteiger partial charge < -0.3 is 9.47 Å². The van der Waals surface area contributed by atoms with Crippen molar-refractivity contribution in [2.45, 2.75) is 46.2 Å². The molecule has 0 amide bonds. The molecule has 0 spiro atoms. The molecule has 2 nitrogen and oxygen atoms in total. The van der Waals surface area contributed by atoms with Crippen molar-refractivity contribution in [2.75, 3.05) is 13.2 Å². The number of ether oxygens (including phenoxy) is 2. The number of thiophene rings is 1. The molecular formula is C13H24O2SSi. The zero-order valence-corrected chi connectivity index (χ0v) is 13.4. The minimum absolute atomic E-state index is 0.0851. The highest BCUT2D eigenvalue weighted by atomic mass is 32.1. The minimum atomic E-state index is -1.16. The predicted molar refractivity (Wildman–Crippen MR) is 78.0 cm³/mol. The largest absolute Gasteiger partial charge is 0.353 e. The summed E-state index contributed by atoms with van der Waals surface area (Å²) in [6, 6.07) is 4.50. The van der Waals surface area contributed by atoms with Crippen LogP contribution in [0.1, 0.15) is 18.7 Å². The highest BCUT2D eigenvalue weighted by Gasteiger charge is 2.19. The van der Waals surface area contributed by atoms with Gasteiger partial charge in [0.2, 0.25) is 0 Å². The molecule has 98 valence electrons. The van der Waals surface area contributed by atoms with Crippen molar-refractivity contribution in [3.8, 4) is 0 Å². The molecule has 0 bridgehead atoms. The van der Waals surface area contributed by atoms with Crippen LogP contribution in [0.25, 0.3) is 0 Å². The molecule has 0 saturated carbocycles. The van der Waals surface area contributed by atoms with Crippen LogP contribution in [0.5, 0.6) is 0 Å². The molecule has 0 unspecified atom stereocenters. The van der Waals surface area contributed by atoms with Crippen LogP contribution in [-0.4, -0.2) is 27.6 Å². The monoisotopic (exact) mass is 272 g/mol. The third-order valence-corrected chi connectivity index (χ3v) is 7.18. The summed E-state index contributed by atoms with van der Waals surface area (Å²) >= 11 is 1.92. The molecule has 4 heteroatoms. The third-order valence-electron chi connectivity index (χ3n) is 2.47. The van der Waals surface area contributed by atoms with Gasteiger partial charge in [-0.2, -0.15) is 0 Å². The lowest BCUT2D eigenvalue weighted by Crippen LogP contribution is -2.34. The van der Waals surface area contributed by atoms with Crippen LogP contribution in [-0.2, 0) is 15.9 Å². The normalized spacial score (nSPS) is 12.4. The van der Waals surface area contributed by atoms with Gasteiger partial charge in [-0.3, -0.25) is 0 Å². The van der Waals surface area contributed by atoms with Crippen molar-refractivity contribution in [3.63, 3.8) is 0 Å². The molecule has 17 heavy (non-hydrogen) atoms. The SMILES string of the molecule is CCOC(Cc1ccc([Si](C)(C)C)s1)OCC. The van der Waals surface area contributed by atoms with Gasteiger partial charge in [-0.25, -0.2) is 0 Å². The van der Waals surface area contributed by atoms with E-state index in [9.17, 15) is 0 Å². The summed E-state index contributed by atoms with van der Waals surface area (Å²) in [5, 5.41) is 0. The average Bonchev–Trinajstić information content (AvgIpc) is 2.66. The highest BCUT2D eigenvalue weighted by Crippen LogP contribution is 2.16. The Bertz CT molecular complexity index is 324. The molecular weight excluding hydrogens is 248 g/mol. The molecule has 0 aromatic carbocycles. The summed E-state index contributed by atoms with van der Waals surface area (Å²) < 4.78 is 12.7. The van der Waals surface area contributed by atoms with Crippen LogP contribution >= 0.6 is 11.3 Å². The maximum absolute atomic E-state index is 5.58. The molecule has 0 aliphatic heterocycles. The molecule has 0 aliphatic rings. The van der Waals surface area contributed by atoms with Crippen LogP contribution in [0.2, 0.25) is 19.6 Å². The Morgan fingerprint density at radius 1 is 1.12 bits per heavy atom. The Balaban J connectivity index is 2.63. The molecule has 1 heterocycles. The van der Waals surface area contributed by atoms with E-state index in [4.69, 9.17) is 9.47 Å². The fourth-order valence-corrected chi connectivity index (χ4v) is 4.57. The van der Waals surface area contributed by atoms with Gasteiger partial charge in [-0.15, -0.1) is 11.3 Å². The maximum Gasteiger partial charge on any atom is 0.162 e. The lowest BCUT2D eigenvalue weighted by atomic mass is 10.3. The second-order valence-electron chi connectivity index (χ2n) is 5.06. The molecule has 1 aromatic heterocycles. The van der Waals surface area contributed by atoms with Gasteiger partial charge in [0.15, 0.2) is 6.29 Å². The van der Waals surface area contributed by atoms with E-state index >= 15 is 0 Å². The van der Waals surface area contributed by atoms with Gasteiger partial charge in [-0.05, 0) is 24.4 Å². The van der Waals surface area contributed by atoms with Gasteiger partial charge in [0.25, 0.3) is 0 Å². The van der Waals surface area contributed by atoms with Gasteiger partial charge in [-0.1, -0.05) is 25.7 Å². The lowest BCUT2D eigenvalue weighted by Gasteiger charge is -2.16. The summed E-state index contributed by atoms with van der Waals surface area (Å²) in [6.45, 7) is 12.6. The molecule has 1 rings (SSSR count). The summed E-state index contributed by atoms with van der Waals surface area (Å²) in [4.78, 5) is 1.37. The first kappa shape index (κ1) is 14.9. The average molecular weight is 272 g/mol. The van der Waals surface area contributed by atoms with E-state index in [2.05, 4.69) is 31.8 Å².